The minimum Gasteiger partial charge on any atom is -0.497 e. The molecule has 1 aliphatic heterocycles. The molecule has 1 unspecified atom stereocenters. The summed E-state index contributed by atoms with van der Waals surface area (Å²) in [5, 5.41) is 0. The maximum absolute atomic E-state index is 6.81. The van der Waals surface area contributed by atoms with E-state index in [9.17, 15) is 0 Å². The lowest BCUT2D eigenvalue weighted by Crippen LogP contribution is -2.61. The molecule has 1 heterocycles. The number of ether oxygens (including phenoxy) is 2. The van der Waals surface area contributed by atoms with Crippen molar-refractivity contribution in [2.75, 3.05) is 7.11 Å². The van der Waals surface area contributed by atoms with Crippen molar-refractivity contribution in [2.24, 2.45) is 22.7 Å². The third-order valence-corrected chi connectivity index (χ3v) is 8.99. The van der Waals surface area contributed by atoms with E-state index in [2.05, 4.69) is 58.0 Å². The second-order valence-electron chi connectivity index (χ2n) is 11.2. The molecule has 0 radical (unpaired) electrons. The smallest absolute Gasteiger partial charge is 0.123 e. The first-order valence-corrected chi connectivity index (χ1v) is 11.7. The van der Waals surface area contributed by atoms with Crippen LogP contribution in [0, 0.1) is 22.7 Å². The van der Waals surface area contributed by atoms with Gasteiger partial charge < -0.3 is 9.47 Å². The van der Waals surface area contributed by atoms with Gasteiger partial charge in [-0.1, -0.05) is 45.4 Å². The molecule has 2 aliphatic carbocycles. The Kier molecular flexibility index (Phi) is 4.51. The van der Waals surface area contributed by atoms with Crippen LogP contribution in [0.5, 0.6) is 11.5 Å². The Morgan fingerprint density at radius 2 is 1.60 bits per heavy atom. The maximum atomic E-state index is 6.81. The fraction of sp³-hybridized carbons (Fsp3) is 0.571. The lowest BCUT2D eigenvalue weighted by Gasteiger charge is -2.63. The summed E-state index contributed by atoms with van der Waals surface area (Å²) in [6.07, 6.45) is 7.69. The molecule has 0 spiro atoms. The van der Waals surface area contributed by atoms with Gasteiger partial charge in [0.1, 0.15) is 17.1 Å². The van der Waals surface area contributed by atoms with E-state index >= 15 is 0 Å². The Morgan fingerprint density at radius 1 is 0.867 bits per heavy atom. The maximum Gasteiger partial charge on any atom is 0.123 e. The highest BCUT2D eigenvalue weighted by atomic mass is 16.5. The van der Waals surface area contributed by atoms with E-state index in [1.165, 1.54) is 48.8 Å². The largest absolute Gasteiger partial charge is 0.497 e. The molecule has 5 rings (SSSR count). The first-order chi connectivity index (χ1) is 14.2. The van der Waals surface area contributed by atoms with Crippen LogP contribution in [0.4, 0.5) is 0 Å². The van der Waals surface area contributed by atoms with Gasteiger partial charge in [0.25, 0.3) is 0 Å². The van der Waals surface area contributed by atoms with E-state index in [1.54, 1.807) is 7.11 Å². The third-order valence-electron chi connectivity index (χ3n) is 8.99. The Bertz CT molecular complexity index is 944. The quantitative estimate of drug-likeness (QED) is 0.523. The summed E-state index contributed by atoms with van der Waals surface area (Å²) >= 11 is 0. The number of benzene rings is 2. The SMILES string of the molecule is COc1ccc(-c2ccc3c(c2)C[C@H]2[C@@](C)(CCC4C(C)(C)CCC[C@@]42C)O3)cc1. The van der Waals surface area contributed by atoms with Crippen LogP contribution in [0.2, 0.25) is 0 Å². The molecule has 160 valence electrons. The Hall–Kier alpha value is -1.96. The Morgan fingerprint density at radius 3 is 2.33 bits per heavy atom. The Balaban J connectivity index is 1.51. The van der Waals surface area contributed by atoms with E-state index in [4.69, 9.17) is 9.47 Å². The molecule has 0 aromatic heterocycles. The first-order valence-electron chi connectivity index (χ1n) is 11.7. The van der Waals surface area contributed by atoms with Crippen LogP contribution in [0.1, 0.15) is 65.4 Å². The van der Waals surface area contributed by atoms with Crippen molar-refractivity contribution in [1.29, 1.82) is 0 Å². The molecule has 2 aromatic rings. The van der Waals surface area contributed by atoms with E-state index in [-0.39, 0.29) is 5.60 Å². The van der Waals surface area contributed by atoms with Crippen LogP contribution in [0.3, 0.4) is 0 Å². The highest BCUT2D eigenvalue weighted by Gasteiger charge is 2.60. The van der Waals surface area contributed by atoms with Crippen LogP contribution in [0.25, 0.3) is 11.1 Å². The summed E-state index contributed by atoms with van der Waals surface area (Å²) < 4.78 is 12.1. The number of methoxy groups -OCH3 is 1. The van der Waals surface area contributed by atoms with Crippen molar-refractivity contribution in [1.82, 2.24) is 0 Å². The lowest BCUT2D eigenvalue weighted by molar-refractivity contribution is -0.162. The average Bonchev–Trinajstić information content (AvgIpc) is 2.71. The second kappa shape index (κ2) is 6.77. The number of rotatable bonds is 2. The van der Waals surface area contributed by atoms with Gasteiger partial charge in [-0.2, -0.15) is 0 Å². The highest BCUT2D eigenvalue weighted by Crippen LogP contribution is 2.64. The predicted octanol–water partition coefficient (Wildman–Crippen LogP) is 7.30. The summed E-state index contributed by atoms with van der Waals surface area (Å²) in [6.45, 7) is 10.00. The summed E-state index contributed by atoms with van der Waals surface area (Å²) in [5.74, 6) is 3.38. The molecule has 2 aromatic carbocycles. The fourth-order valence-corrected chi connectivity index (χ4v) is 7.45. The lowest BCUT2D eigenvalue weighted by atomic mass is 9.44. The molecular formula is C28H36O2. The van der Waals surface area contributed by atoms with Gasteiger partial charge in [-0.3, -0.25) is 0 Å². The van der Waals surface area contributed by atoms with Crippen molar-refractivity contribution >= 4 is 0 Å². The van der Waals surface area contributed by atoms with Gasteiger partial charge in [-0.25, -0.2) is 0 Å². The van der Waals surface area contributed by atoms with E-state index in [0.717, 1.165) is 23.8 Å². The van der Waals surface area contributed by atoms with Crippen molar-refractivity contribution in [2.45, 2.75) is 71.8 Å². The van der Waals surface area contributed by atoms with Gasteiger partial charge in [0.15, 0.2) is 0 Å². The standard InChI is InChI=1S/C28H36O2/c1-26(2)14-6-15-27(3)24(26)13-16-28(4)25(27)18-21-17-20(9-12-23(21)30-28)19-7-10-22(29-5)11-8-19/h7-12,17,24-25H,6,13-16,18H2,1-5H3/t24?,25-,27+,28-/m1/s1. The van der Waals surface area contributed by atoms with Gasteiger partial charge in [-0.05, 0) is 96.7 Å². The van der Waals surface area contributed by atoms with Crippen LogP contribution in [-0.4, -0.2) is 12.7 Å². The second-order valence-corrected chi connectivity index (χ2v) is 11.2. The third kappa shape index (κ3) is 2.98. The number of fused-ring (bicyclic) bond motifs is 4. The van der Waals surface area contributed by atoms with Crippen molar-refractivity contribution in [3.05, 3.63) is 48.0 Å². The molecule has 0 bridgehead atoms. The molecular weight excluding hydrogens is 368 g/mol. The van der Waals surface area contributed by atoms with Gasteiger partial charge in [0.2, 0.25) is 0 Å². The van der Waals surface area contributed by atoms with Crippen LogP contribution in [-0.2, 0) is 6.42 Å². The Labute approximate surface area is 182 Å². The molecule has 2 saturated carbocycles. The monoisotopic (exact) mass is 404 g/mol. The molecule has 2 nitrogen and oxygen atoms in total. The van der Waals surface area contributed by atoms with E-state index in [0.29, 0.717) is 16.7 Å². The van der Waals surface area contributed by atoms with Gasteiger partial charge in [0, 0.05) is 5.92 Å². The van der Waals surface area contributed by atoms with Gasteiger partial charge >= 0.3 is 0 Å². The van der Waals surface area contributed by atoms with E-state index in [1.807, 2.05) is 12.1 Å². The minimum atomic E-state index is -0.0344. The zero-order chi connectivity index (χ0) is 21.1. The van der Waals surface area contributed by atoms with E-state index < -0.39 is 0 Å². The summed E-state index contributed by atoms with van der Waals surface area (Å²) in [5.41, 5.74) is 4.66. The zero-order valence-corrected chi connectivity index (χ0v) is 19.3. The molecule has 4 atom stereocenters. The molecule has 0 amide bonds. The summed E-state index contributed by atoms with van der Waals surface area (Å²) in [7, 11) is 1.72. The average molecular weight is 405 g/mol. The minimum absolute atomic E-state index is 0.0344. The number of hydrogen-bond donors (Lipinski definition) is 0. The van der Waals surface area contributed by atoms with Crippen molar-refractivity contribution in [3.8, 4) is 22.6 Å². The molecule has 2 heteroatoms. The van der Waals surface area contributed by atoms with Crippen molar-refractivity contribution < 1.29 is 9.47 Å². The molecule has 3 aliphatic rings. The summed E-state index contributed by atoms with van der Waals surface area (Å²) in [6, 6.07) is 15.2. The topological polar surface area (TPSA) is 18.5 Å². The first kappa shape index (κ1) is 20.0. The van der Waals surface area contributed by atoms with Crippen LogP contribution in [0.15, 0.2) is 42.5 Å². The predicted molar refractivity (Wildman–Crippen MR) is 123 cm³/mol. The van der Waals surface area contributed by atoms with Crippen LogP contribution >= 0.6 is 0 Å². The molecule has 0 saturated heterocycles. The molecule has 0 N–H and O–H groups in total. The highest BCUT2D eigenvalue weighted by molar-refractivity contribution is 5.66. The number of hydrogen-bond acceptors (Lipinski definition) is 2. The van der Waals surface area contributed by atoms with Gasteiger partial charge in [-0.15, -0.1) is 0 Å². The zero-order valence-electron chi connectivity index (χ0n) is 19.3. The van der Waals surface area contributed by atoms with Crippen molar-refractivity contribution in [3.63, 3.8) is 0 Å². The molecule has 2 fully saturated rings. The summed E-state index contributed by atoms with van der Waals surface area (Å²) in [4.78, 5) is 0. The normalized spacial score (nSPS) is 34.2. The fourth-order valence-electron chi connectivity index (χ4n) is 7.45. The molecule has 30 heavy (non-hydrogen) atoms. The van der Waals surface area contributed by atoms with Gasteiger partial charge in [0.05, 0.1) is 7.11 Å². The van der Waals surface area contributed by atoms with Crippen LogP contribution < -0.4 is 9.47 Å².